The van der Waals surface area contributed by atoms with Crippen molar-refractivity contribution in [3.63, 3.8) is 0 Å². The van der Waals surface area contributed by atoms with Crippen LogP contribution in [0.3, 0.4) is 0 Å². The highest BCUT2D eigenvalue weighted by Gasteiger charge is 2.04. The predicted molar refractivity (Wildman–Crippen MR) is 73.4 cm³/mol. The molecule has 0 unspecified atom stereocenters. The molecule has 92 valence electrons. The van der Waals surface area contributed by atoms with Gasteiger partial charge in [-0.1, -0.05) is 24.3 Å². The van der Waals surface area contributed by atoms with Crippen molar-refractivity contribution in [2.75, 3.05) is 0 Å². The van der Waals surface area contributed by atoms with Crippen LogP contribution >= 0.6 is 0 Å². The van der Waals surface area contributed by atoms with Gasteiger partial charge in [0.05, 0.1) is 22.9 Å². The maximum Gasteiger partial charge on any atom is 0.250 e. The number of para-hydroxylation sites is 1. The Morgan fingerprint density at radius 1 is 1.16 bits per heavy atom. The largest absolute Gasteiger partial charge is 0.366 e. The number of hydrogen-bond donors (Lipinski definition) is 1. The predicted octanol–water partition coefficient (Wildman–Crippen LogP) is 2.41. The summed E-state index contributed by atoms with van der Waals surface area (Å²) < 4.78 is 0. The van der Waals surface area contributed by atoms with E-state index in [1.807, 2.05) is 6.07 Å². The smallest absolute Gasteiger partial charge is 0.250 e. The third-order valence-corrected chi connectivity index (χ3v) is 2.56. The number of rotatable bonds is 3. The SMILES string of the molecule is N#Cc1ccc(C=Nc2ccccc2C(N)=O)cc1. The van der Waals surface area contributed by atoms with Gasteiger partial charge in [0, 0.05) is 6.21 Å². The standard InChI is InChI=1S/C15H11N3O/c16-9-11-5-7-12(8-6-11)10-18-14-4-2-1-3-13(14)15(17)19/h1-8,10H,(H2,17,19). The van der Waals surface area contributed by atoms with Crippen molar-refractivity contribution >= 4 is 17.8 Å². The maximum absolute atomic E-state index is 11.2. The number of primary amides is 1. The number of carbonyl (C=O) groups is 1. The molecule has 0 saturated heterocycles. The lowest BCUT2D eigenvalue weighted by Gasteiger charge is -2.00. The minimum atomic E-state index is -0.507. The molecule has 0 aliphatic heterocycles. The third kappa shape index (κ3) is 3.05. The Kier molecular flexibility index (Phi) is 3.70. The fourth-order valence-corrected chi connectivity index (χ4v) is 1.58. The van der Waals surface area contributed by atoms with Gasteiger partial charge in [0.2, 0.25) is 0 Å². The molecule has 0 spiro atoms. The molecule has 19 heavy (non-hydrogen) atoms. The molecule has 0 saturated carbocycles. The van der Waals surface area contributed by atoms with Crippen LogP contribution in [0.1, 0.15) is 21.5 Å². The van der Waals surface area contributed by atoms with Crippen LogP contribution in [0, 0.1) is 11.3 Å². The summed E-state index contributed by atoms with van der Waals surface area (Å²) in [6.07, 6.45) is 1.63. The number of nitriles is 1. The molecular formula is C15H11N3O. The second-order valence-corrected chi connectivity index (χ2v) is 3.87. The summed E-state index contributed by atoms with van der Waals surface area (Å²) >= 11 is 0. The van der Waals surface area contributed by atoms with Crippen LogP contribution in [0.4, 0.5) is 5.69 Å². The molecule has 0 aromatic heterocycles. The molecule has 2 aromatic rings. The van der Waals surface area contributed by atoms with Gasteiger partial charge in [-0.2, -0.15) is 5.26 Å². The first kappa shape index (κ1) is 12.5. The molecule has 0 radical (unpaired) electrons. The second-order valence-electron chi connectivity index (χ2n) is 3.87. The van der Waals surface area contributed by atoms with Gasteiger partial charge in [0.25, 0.3) is 5.91 Å². The van der Waals surface area contributed by atoms with E-state index in [1.165, 1.54) is 0 Å². The van der Waals surface area contributed by atoms with Crippen LogP contribution in [0.5, 0.6) is 0 Å². The Labute approximate surface area is 110 Å². The van der Waals surface area contributed by atoms with Crippen molar-refractivity contribution in [3.8, 4) is 6.07 Å². The number of carbonyl (C=O) groups excluding carboxylic acids is 1. The second kappa shape index (κ2) is 5.61. The lowest BCUT2D eigenvalue weighted by atomic mass is 10.1. The molecule has 2 rings (SSSR count). The summed E-state index contributed by atoms with van der Waals surface area (Å²) in [5.74, 6) is -0.507. The van der Waals surface area contributed by atoms with Crippen LogP contribution in [-0.4, -0.2) is 12.1 Å². The summed E-state index contributed by atoms with van der Waals surface area (Å²) in [6.45, 7) is 0. The molecule has 0 bridgehead atoms. The zero-order chi connectivity index (χ0) is 13.7. The van der Waals surface area contributed by atoms with Crippen LogP contribution in [0.15, 0.2) is 53.5 Å². The molecule has 0 fully saturated rings. The molecule has 2 N–H and O–H groups in total. The highest BCUT2D eigenvalue weighted by atomic mass is 16.1. The van der Waals surface area contributed by atoms with E-state index in [-0.39, 0.29) is 0 Å². The third-order valence-electron chi connectivity index (χ3n) is 2.56. The Balaban J connectivity index is 2.27. The first-order valence-electron chi connectivity index (χ1n) is 5.64. The molecule has 1 amide bonds. The van der Waals surface area contributed by atoms with Crippen molar-refractivity contribution in [1.29, 1.82) is 5.26 Å². The Bertz CT molecular complexity index is 667. The van der Waals surface area contributed by atoms with Crippen LogP contribution < -0.4 is 5.73 Å². The molecule has 0 heterocycles. The van der Waals surface area contributed by atoms with Crippen molar-refractivity contribution < 1.29 is 4.79 Å². The molecule has 4 nitrogen and oxygen atoms in total. The highest BCUT2D eigenvalue weighted by Crippen LogP contribution is 2.17. The summed E-state index contributed by atoms with van der Waals surface area (Å²) in [5, 5.41) is 8.70. The Morgan fingerprint density at radius 2 is 1.84 bits per heavy atom. The molecule has 4 heteroatoms. The van der Waals surface area contributed by atoms with Crippen molar-refractivity contribution in [2.45, 2.75) is 0 Å². The zero-order valence-corrected chi connectivity index (χ0v) is 10.1. The van der Waals surface area contributed by atoms with Crippen molar-refractivity contribution in [2.24, 2.45) is 10.7 Å². The summed E-state index contributed by atoms with van der Waals surface area (Å²) in [6, 6.07) is 15.9. The average molecular weight is 249 g/mol. The van der Waals surface area contributed by atoms with Crippen LogP contribution in [-0.2, 0) is 0 Å². The summed E-state index contributed by atoms with van der Waals surface area (Å²) in [4.78, 5) is 15.5. The van der Waals surface area contributed by atoms with E-state index in [0.717, 1.165) is 5.56 Å². The number of aliphatic imine (C=N–C) groups is 1. The fourth-order valence-electron chi connectivity index (χ4n) is 1.58. The van der Waals surface area contributed by atoms with E-state index in [4.69, 9.17) is 11.0 Å². The van der Waals surface area contributed by atoms with E-state index < -0.39 is 5.91 Å². The lowest BCUT2D eigenvalue weighted by Crippen LogP contribution is -2.10. The van der Waals surface area contributed by atoms with Gasteiger partial charge in [0.15, 0.2) is 0 Å². The Morgan fingerprint density at radius 3 is 2.47 bits per heavy atom. The van der Waals surface area contributed by atoms with Gasteiger partial charge in [-0.05, 0) is 29.8 Å². The number of nitrogens with two attached hydrogens (primary N) is 1. The minimum absolute atomic E-state index is 0.382. The first-order chi connectivity index (χ1) is 9.20. The van der Waals surface area contributed by atoms with E-state index in [9.17, 15) is 4.79 Å². The zero-order valence-electron chi connectivity index (χ0n) is 10.1. The maximum atomic E-state index is 11.2. The summed E-state index contributed by atoms with van der Waals surface area (Å²) in [5.41, 5.74) is 7.62. The van der Waals surface area contributed by atoms with E-state index >= 15 is 0 Å². The lowest BCUT2D eigenvalue weighted by molar-refractivity contribution is 0.100. The van der Waals surface area contributed by atoms with Gasteiger partial charge in [-0.25, -0.2) is 0 Å². The van der Waals surface area contributed by atoms with E-state index in [1.54, 1.807) is 54.7 Å². The quantitative estimate of drug-likeness (QED) is 0.847. The Hall–Kier alpha value is -2.93. The van der Waals surface area contributed by atoms with Gasteiger partial charge in [0.1, 0.15) is 0 Å². The van der Waals surface area contributed by atoms with Gasteiger partial charge in [-0.3, -0.25) is 9.79 Å². The fraction of sp³-hybridized carbons (Fsp3) is 0. The molecular weight excluding hydrogens is 238 g/mol. The first-order valence-corrected chi connectivity index (χ1v) is 5.64. The topological polar surface area (TPSA) is 79.2 Å². The van der Waals surface area contributed by atoms with Crippen molar-refractivity contribution in [3.05, 3.63) is 65.2 Å². The molecule has 0 atom stereocenters. The van der Waals surface area contributed by atoms with Gasteiger partial charge in [-0.15, -0.1) is 0 Å². The van der Waals surface area contributed by atoms with Crippen molar-refractivity contribution in [1.82, 2.24) is 0 Å². The van der Waals surface area contributed by atoms with Gasteiger partial charge >= 0.3 is 0 Å². The average Bonchev–Trinajstić information content (AvgIpc) is 2.46. The molecule has 0 aliphatic carbocycles. The molecule has 0 aliphatic rings. The van der Waals surface area contributed by atoms with Crippen LogP contribution in [0.2, 0.25) is 0 Å². The van der Waals surface area contributed by atoms with E-state index in [0.29, 0.717) is 16.8 Å². The summed E-state index contributed by atoms with van der Waals surface area (Å²) in [7, 11) is 0. The number of amides is 1. The number of benzene rings is 2. The van der Waals surface area contributed by atoms with E-state index in [2.05, 4.69) is 4.99 Å². The minimum Gasteiger partial charge on any atom is -0.366 e. The number of nitrogens with zero attached hydrogens (tertiary/aromatic N) is 2. The van der Waals surface area contributed by atoms with Crippen LogP contribution in [0.25, 0.3) is 0 Å². The highest BCUT2D eigenvalue weighted by molar-refractivity contribution is 5.98. The van der Waals surface area contributed by atoms with Gasteiger partial charge < -0.3 is 5.73 Å². The molecule has 2 aromatic carbocycles. The normalized spacial score (nSPS) is 10.3. The monoisotopic (exact) mass is 249 g/mol. The number of hydrogen-bond acceptors (Lipinski definition) is 3.